The minimum atomic E-state index is -3.65. The van der Waals surface area contributed by atoms with Crippen LogP contribution < -0.4 is 10.1 Å². The van der Waals surface area contributed by atoms with E-state index in [1.54, 1.807) is 17.1 Å². The lowest BCUT2D eigenvalue weighted by Crippen LogP contribution is -2.40. The maximum absolute atomic E-state index is 12.9. The van der Waals surface area contributed by atoms with Gasteiger partial charge in [-0.2, -0.15) is 0 Å². The number of hydrogen-bond donors (Lipinski definition) is 1. The summed E-state index contributed by atoms with van der Waals surface area (Å²) in [5.74, 6) is -0.216. The lowest BCUT2D eigenvalue weighted by atomic mass is 9.95. The molecule has 176 valence electrons. The third-order valence-corrected chi connectivity index (χ3v) is 7.41. The summed E-state index contributed by atoms with van der Waals surface area (Å²) in [6.45, 7) is 0.949. The molecule has 1 aliphatic heterocycles. The molecule has 9 heteroatoms. The molecule has 1 heterocycles. The lowest BCUT2D eigenvalue weighted by molar-refractivity contribution is -0.130. The second-order valence-corrected chi connectivity index (χ2v) is 10.1. The molecule has 1 aliphatic rings. The zero-order valence-electron chi connectivity index (χ0n) is 19.0. The van der Waals surface area contributed by atoms with E-state index in [4.69, 9.17) is 4.74 Å². The predicted octanol–water partition coefficient (Wildman–Crippen LogP) is 2.84. The van der Waals surface area contributed by atoms with Gasteiger partial charge in [0, 0.05) is 39.2 Å². The molecule has 0 radical (unpaired) electrons. The lowest BCUT2D eigenvalue weighted by Gasteiger charge is -2.30. The smallest absolute Gasteiger partial charge is 0.246 e. The molecule has 2 aromatic carbocycles. The Balaban J connectivity index is 1.62. The number of nitrogens with one attached hydrogen (secondary N) is 1. The van der Waals surface area contributed by atoms with Gasteiger partial charge in [-0.05, 0) is 42.7 Å². The topological polar surface area (TPSA) is 96.0 Å². The van der Waals surface area contributed by atoms with Crippen molar-refractivity contribution in [3.8, 4) is 5.75 Å². The number of amides is 2. The average molecular weight is 472 g/mol. The minimum absolute atomic E-state index is 0.0641. The fourth-order valence-electron chi connectivity index (χ4n) is 3.59. The summed E-state index contributed by atoms with van der Waals surface area (Å²) < 4.78 is 31.3. The number of methoxy groups -OCH3 is 1. The largest absolute Gasteiger partial charge is 0.495 e. The summed E-state index contributed by atoms with van der Waals surface area (Å²) in [5, 5.41) is 2.81. The van der Waals surface area contributed by atoms with E-state index in [2.05, 4.69) is 5.32 Å². The second kappa shape index (κ2) is 10.6. The summed E-state index contributed by atoms with van der Waals surface area (Å²) in [6, 6.07) is 14.0. The standard InChI is InChI=1S/C24H29N3O5S/c1-26(2)33(30,31)20-10-11-22(32-3)21(17-20)25-24(29)19-13-15-27(16-14-19)23(28)12-9-18-7-5-4-6-8-18/h4-12,17,19H,13-16H2,1-3H3,(H,25,29)/b12-9+. The van der Waals surface area contributed by atoms with Crippen molar-refractivity contribution in [2.45, 2.75) is 17.7 Å². The number of carbonyl (C=O) groups is 2. The molecule has 1 N–H and O–H groups in total. The van der Waals surface area contributed by atoms with Crippen molar-refractivity contribution in [3.63, 3.8) is 0 Å². The van der Waals surface area contributed by atoms with Gasteiger partial charge in [0.1, 0.15) is 5.75 Å². The van der Waals surface area contributed by atoms with Crippen LogP contribution in [0.5, 0.6) is 5.75 Å². The van der Waals surface area contributed by atoms with E-state index < -0.39 is 10.0 Å². The van der Waals surface area contributed by atoms with Crippen molar-refractivity contribution < 1.29 is 22.7 Å². The van der Waals surface area contributed by atoms with Gasteiger partial charge < -0.3 is 15.0 Å². The van der Waals surface area contributed by atoms with Crippen LogP contribution in [0.1, 0.15) is 18.4 Å². The van der Waals surface area contributed by atoms with E-state index in [9.17, 15) is 18.0 Å². The first kappa shape index (κ1) is 24.5. The quantitative estimate of drug-likeness (QED) is 0.627. The normalized spacial score (nSPS) is 15.1. The Morgan fingerprint density at radius 2 is 1.76 bits per heavy atom. The molecule has 0 atom stereocenters. The van der Waals surface area contributed by atoms with Gasteiger partial charge in [0.15, 0.2) is 0 Å². The molecule has 0 aliphatic carbocycles. The SMILES string of the molecule is COc1ccc(S(=O)(=O)N(C)C)cc1NC(=O)C1CCN(C(=O)/C=C/c2ccccc2)CC1. The monoisotopic (exact) mass is 471 g/mol. The Labute approximate surface area is 194 Å². The van der Waals surface area contributed by atoms with Crippen molar-refractivity contribution in [1.29, 1.82) is 0 Å². The van der Waals surface area contributed by atoms with Crippen molar-refractivity contribution in [3.05, 3.63) is 60.2 Å². The number of anilines is 1. The van der Waals surface area contributed by atoms with E-state index in [0.717, 1.165) is 9.87 Å². The molecule has 0 saturated carbocycles. The van der Waals surface area contributed by atoms with Gasteiger partial charge in [-0.1, -0.05) is 30.3 Å². The van der Waals surface area contributed by atoms with Crippen LogP contribution in [0.15, 0.2) is 59.5 Å². The van der Waals surface area contributed by atoms with Crippen molar-refractivity contribution in [2.24, 2.45) is 5.92 Å². The number of ether oxygens (including phenoxy) is 1. The van der Waals surface area contributed by atoms with Gasteiger partial charge in [0.05, 0.1) is 17.7 Å². The molecule has 0 unspecified atom stereocenters. The summed E-state index contributed by atoms with van der Waals surface area (Å²) in [5.41, 5.74) is 1.25. The molecule has 33 heavy (non-hydrogen) atoms. The van der Waals surface area contributed by atoms with E-state index in [1.807, 2.05) is 30.3 Å². The van der Waals surface area contributed by atoms with Crippen molar-refractivity contribution >= 4 is 33.6 Å². The molecule has 3 rings (SSSR count). The van der Waals surface area contributed by atoms with Crippen LogP contribution in [-0.4, -0.2) is 63.7 Å². The van der Waals surface area contributed by atoms with Gasteiger partial charge in [-0.3, -0.25) is 9.59 Å². The molecule has 0 spiro atoms. The maximum atomic E-state index is 12.9. The van der Waals surface area contributed by atoms with E-state index >= 15 is 0 Å². The number of benzene rings is 2. The van der Waals surface area contributed by atoms with Gasteiger partial charge in [-0.25, -0.2) is 12.7 Å². The molecule has 2 amide bonds. The van der Waals surface area contributed by atoms with E-state index in [-0.39, 0.29) is 22.6 Å². The second-order valence-electron chi connectivity index (χ2n) is 7.98. The average Bonchev–Trinajstić information content (AvgIpc) is 2.83. The predicted molar refractivity (Wildman–Crippen MR) is 127 cm³/mol. The fourth-order valence-corrected chi connectivity index (χ4v) is 4.52. The number of hydrogen-bond acceptors (Lipinski definition) is 5. The first-order chi connectivity index (χ1) is 15.7. The van der Waals surface area contributed by atoms with Crippen LogP contribution in [0.2, 0.25) is 0 Å². The third kappa shape index (κ3) is 6.00. The maximum Gasteiger partial charge on any atom is 0.246 e. The number of piperidine rings is 1. The number of nitrogens with zero attached hydrogens (tertiary/aromatic N) is 2. The van der Waals surface area contributed by atoms with E-state index in [1.165, 1.54) is 39.4 Å². The zero-order valence-corrected chi connectivity index (χ0v) is 19.8. The van der Waals surface area contributed by atoms with Gasteiger partial charge in [0.2, 0.25) is 21.8 Å². The first-order valence-electron chi connectivity index (χ1n) is 10.7. The van der Waals surface area contributed by atoms with Crippen LogP contribution in [-0.2, 0) is 19.6 Å². The summed E-state index contributed by atoms with van der Waals surface area (Å²) in [6.07, 6.45) is 4.38. The molecular formula is C24H29N3O5S. The van der Waals surface area contributed by atoms with Gasteiger partial charge >= 0.3 is 0 Å². The summed E-state index contributed by atoms with van der Waals surface area (Å²) in [7, 11) is 0.698. The third-order valence-electron chi connectivity index (χ3n) is 5.60. The summed E-state index contributed by atoms with van der Waals surface area (Å²) >= 11 is 0. The Morgan fingerprint density at radius 1 is 1.09 bits per heavy atom. The zero-order chi connectivity index (χ0) is 24.0. The van der Waals surface area contributed by atoms with Crippen molar-refractivity contribution in [1.82, 2.24) is 9.21 Å². The van der Waals surface area contributed by atoms with Crippen molar-refractivity contribution in [2.75, 3.05) is 39.6 Å². The molecule has 8 nitrogen and oxygen atoms in total. The van der Waals surface area contributed by atoms with E-state index in [0.29, 0.717) is 37.4 Å². The molecule has 2 aromatic rings. The molecule has 0 aromatic heterocycles. The molecule has 0 bridgehead atoms. The summed E-state index contributed by atoms with van der Waals surface area (Å²) in [4.78, 5) is 27.1. The molecule has 1 fully saturated rings. The number of carbonyl (C=O) groups excluding carboxylic acids is 2. The first-order valence-corrected chi connectivity index (χ1v) is 12.1. The fraction of sp³-hybridized carbons (Fsp3) is 0.333. The molecule has 1 saturated heterocycles. The molecular weight excluding hydrogens is 442 g/mol. The Hall–Kier alpha value is -3.17. The number of rotatable bonds is 7. The number of likely N-dealkylation sites (tertiary alicyclic amines) is 1. The van der Waals surface area contributed by atoms with Crippen LogP contribution >= 0.6 is 0 Å². The van der Waals surface area contributed by atoms with Crippen LogP contribution in [0.4, 0.5) is 5.69 Å². The van der Waals surface area contributed by atoms with Gasteiger partial charge in [0.25, 0.3) is 0 Å². The highest BCUT2D eigenvalue weighted by Gasteiger charge is 2.28. The van der Waals surface area contributed by atoms with Gasteiger partial charge in [-0.15, -0.1) is 0 Å². The van der Waals surface area contributed by atoms with Crippen LogP contribution in [0.3, 0.4) is 0 Å². The minimum Gasteiger partial charge on any atom is -0.495 e. The highest BCUT2D eigenvalue weighted by Crippen LogP contribution is 2.30. The highest BCUT2D eigenvalue weighted by atomic mass is 32.2. The highest BCUT2D eigenvalue weighted by molar-refractivity contribution is 7.89. The number of sulfonamides is 1. The Morgan fingerprint density at radius 3 is 2.36 bits per heavy atom. The Bertz CT molecular complexity index is 1120. The van der Waals surface area contributed by atoms with Crippen LogP contribution in [0, 0.1) is 5.92 Å². The van der Waals surface area contributed by atoms with Crippen LogP contribution in [0.25, 0.3) is 6.08 Å². The Kier molecular flexibility index (Phi) is 7.88.